The van der Waals surface area contributed by atoms with Gasteiger partial charge >= 0.3 is 0 Å². The molecule has 2 rings (SSSR count). The molecular formula is C16H25ClN2O. The van der Waals surface area contributed by atoms with Crippen molar-refractivity contribution in [1.82, 2.24) is 5.32 Å². The van der Waals surface area contributed by atoms with Crippen LogP contribution in [0.3, 0.4) is 0 Å². The Labute approximate surface area is 127 Å². The molecule has 3 nitrogen and oxygen atoms in total. The van der Waals surface area contributed by atoms with E-state index in [0.717, 1.165) is 31.6 Å². The zero-order valence-corrected chi connectivity index (χ0v) is 13.3. The molecule has 20 heavy (non-hydrogen) atoms. The van der Waals surface area contributed by atoms with E-state index >= 15 is 0 Å². The summed E-state index contributed by atoms with van der Waals surface area (Å²) in [5.41, 5.74) is 1.87. The molecule has 1 unspecified atom stereocenters. The molecule has 1 atom stereocenters. The summed E-state index contributed by atoms with van der Waals surface area (Å²) in [7, 11) is 0. The molecule has 0 radical (unpaired) electrons. The van der Waals surface area contributed by atoms with Gasteiger partial charge in [0.05, 0.1) is 5.41 Å². The minimum Gasteiger partial charge on any atom is -0.326 e. The second-order valence-electron chi connectivity index (χ2n) is 6.08. The molecule has 1 aromatic carbocycles. The average molecular weight is 297 g/mol. The maximum Gasteiger partial charge on any atom is 0.231 e. The third kappa shape index (κ3) is 3.97. The number of hydrogen-bond donors (Lipinski definition) is 2. The van der Waals surface area contributed by atoms with Crippen LogP contribution in [0.1, 0.15) is 45.1 Å². The predicted molar refractivity (Wildman–Crippen MR) is 86.6 cm³/mol. The third-order valence-electron chi connectivity index (χ3n) is 3.96. The number of halogens is 1. The van der Waals surface area contributed by atoms with E-state index in [-0.39, 0.29) is 23.7 Å². The zero-order valence-electron chi connectivity index (χ0n) is 12.5. The SMILES string of the molecule is CC(C)c1cccc(NC(=O)C2(C)CCCNC2)c1.Cl. The summed E-state index contributed by atoms with van der Waals surface area (Å²) in [6.45, 7) is 8.15. The fraction of sp³-hybridized carbons (Fsp3) is 0.562. The topological polar surface area (TPSA) is 41.1 Å². The Kier molecular flexibility index (Phi) is 6.03. The Morgan fingerprint density at radius 1 is 1.40 bits per heavy atom. The van der Waals surface area contributed by atoms with Gasteiger partial charge in [0.15, 0.2) is 0 Å². The number of nitrogens with one attached hydrogen (secondary N) is 2. The van der Waals surface area contributed by atoms with Crippen LogP contribution in [0, 0.1) is 5.41 Å². The Morgan fingerprint density at radius 3 is 2.75 bits per heavy atom. The summed E-state index contributed by atoms with van der Waals surface area (Å²) < 4.78 is 0. The summed E-state index contributed by atoms with van der Waals surface area (Å²) in [6.07, 6.45) is 2.02. The van der Waals surface area contributed by atoms with Gasteiger partial charge < -0.3 is 10.6 Å². The van der Waals surface area contributed by atoms with Crippen molar-refractivity contribution in [3.63, 3.8) is 0 Å². The predicted octanol–water partition coefficient (Wildman–Crippen LogP) is 3.56. The van der Waals surface area contributed by atoms with Crippen LogP contribution in [-0.2, 0) is 4.79 Å². The standard InChI is InChI=1S/C16H24N2O.ClH/c1-12(2)13-6-4-7-14(10-13)18-15(19)16(3)8-5-9-17-11-16;/h4,6-7,10,12,17H,5,8-9,11H2,1-3H3,(H,18,19);1H. The maximum atomic E-state index is 12.4. The smallest absolute Gasteiger partial charge is 0.231 e. The Morgan fingerprint density at radius 2 is 2.15 bits per heavy atom. The van der Waals surface area contributed by atoms with E-state index in [0.29, 0.717) is 5.92 Å². The number of piperidine rings is 1. The van der Waals surface area contributed by atoms with E-state index in [4.69, 9.17) is 0 Å². The number of hydrogen-bond acceptors (Lipinski definition) is 2. The lowest BCUT2D eigenvalue weighted by Crippen LogP contribution is -2.46. The van der Waals surface area contributed by atoms with Crippen LogP contribution in [0.5, 0.6) is 0 Å². The number of benzene rings is 1. The molecule has 1 amide bonds. The normalized spacial score (nSPS) is 22.2. The Hall–Kier alpha value is -1.06. The lowest BCUT2D eigenvalue weighted by atomic mass is 9.82. The van der Waals surface area contributed by atoms with Gasteiger partial charge in [0.2, 0.25) is 5.91 Å². The number of anilines is 1. The second kappa shape index (κ2) is 7.09. The summed E-state index contributed by atoms with van der Waals surface area (Å²) in [6, 6.07) is 8.14. The van der Waals surface area contributed by atoms with Gasteiger partial charge in [-0.25, -0.2) is 0 Å². The monoisotopic (exact) mass is 296 g/mol. The summed E-state index contributed by atoms with van der Waals surface area (Å²) in [5.74, 6) is 0.601. The summed E-state index contributed by atoms with van der Waals surface area (Å²) >= 11 is 0. The molecule has 0 bridgehead atoms. The van der Waals surface area contributed by atoms with Gasteiger partial charge in [0.25, 0.3) is 0 Å². The third-order valence-corrected chi connectivity index (χ3v) is 3.96. The number of amides is 1. The van der Waals surface area contributed by atoms with E-state index in [1.54, 1.807) is 0 Å². The molecule has 0 spiro atoms. The van der Waals surface area contributed by atoms with Gasteiger partial charge in [0.1, 0.15) is 0 Å². The molecule has 1 aromatic rings. The van der Waals surface area contributed by atoms with Crippen LogP contribution in [0.4, 0.5) is 5.69 Å². The van der Waals surface area contributed by atoms with E-state index in [1.807, 2.05) is 19.1 Å². The molecule has 2 N–H and O–H groups in total. The molecule has 4 heteroatoms. The van der Waals surface area contributed by atoms with Gasteiger partial charge in [0, 0.05) is 12.2 Å². The number of carbonyl (C=O) groups excluding carboxylic acids is 1. The van der Waals surface area contributed by atoms with E-state index < -0.39 is 0 Å². The van der Waals surface area contributed by atoms with Gasteiger partial charge in [-0.2, -0.15) is 0 Å². The quantitative estimate of drug-likeness (QED) is 0.895. The first-order valence-electron chi connectivity index (χ1n) is 7.13. The van der Waals surface area contributed by atoms with Gasteiger partial charge in [-0.05, 0) is 49.9 Å². The van der Waals surface area contributed by atoms with Crippen molar-refractivity contribution in [3.05, 3.63) is 29.8 Å². The van der Waals surface area contributed by atoms with Crippen molar-refractivity contribution in [2.75, 3.05) is 18.4 Å². The minimum atomic E-state index is -0.286. The van der Waals surface area contributed by atoms with E-state index in [1.165, 1.54) is 5.56 Å². The van der Waals surface area contributed by atoms with E-state index in [9.17, 15) is 4.79 Å². The first-order valence-corrected chi connectivity index (χ1v) is 7.13. The van der Waals surface area contributed by atoms with Crippen molar-refractivity contribution in [2.45, 2.75) is 39.5 Å². The van der Waals surface area contributed by atoms with Crippen molar-refractivity contribution in [3.8, 4) is 0 Å². The highest BCUT2D eigenvalue weighted by molar-refractivity contribution is 5.95. The van der Waals surface area contributed by atoms with Crippen molar-refractivity contribution in [2.24, 2.45) is 5.41 Å². The number of carbonyl (C=O) groups is 1. The Balaban J connectivity index is 0.00000200. The highest BCUT2D eigenvalue weighted by Gasteiger charge is 2.34. The molecule has 1 aliphatic heterocycles. The van der Waals surface area contributed by atoms with Crippen molar-refractivity contribution < 1.29 is 4.79 Å². The molecule has 1 heterocycles. The molecule has 112 valence electrons. The van der Waals surface area contributed by atoms with Gasteiger partial charge in [-0.3, -0.25) is 4.79 Å². The average Bonchev–Trinajstić information content (AvgIpc) is 2.40. The van der Waals surface area contributed by atoms with Crippen LogP contribution in [-0.4, -0.2) is 19.0 Å². The fourth-order valence-corrected chi connectivity index (χ4v) is 2.51. The summed E-state index contributed by atoms with van der Waals surface area (Å²) in [5, 5.41) is 6.38. The first kappa shape index (κ1) is 17.0. The number of rotatable bonds is 3. The first-order chi connectivity index (χ1) is 9.01. The van der Waals surface area contributed by atoms with Crippen LogP contribution >= 0.6 is 12.4 Å². The van der Waals surface area contributed by atoms with Crippen LogP contribution < -0.4 is 10.6 Å². The molecule has 1 saturated heterocycles. The van der Waals surface area contributed by atoms with Gasteiger partial charge in [-0.1, -0.05) is 26.0 Å². The highest BCUT2D eigenvalue weighted by atomic mass is 35.5. The fourth-order valence-electron chi connectivity index (χ4n) is 2.51. The largest absolute Gasteiger partial charge is 0.326 e. The van der Waals surface area contributed by atoms with E-state index in [2.05, 4.69) is 36.6 Å². The Bertz CT molecular complexity index is 454. The van der Waals surface area contributed by atoms with Crippen LogP contribution in [0.2, 0.25) is 0 Å². The lowest BCUT2D eigenvalue weighted by molar-refractivity contribution is -0.125. The molecule has 0 aromatic heterocycles. The van der Waals surface area contributed by atoms with Crippen LogP contribution in [0.25, 0.3) is 0 Å². The molecular weight excluding hydrogens is 272 g/mol. The second-order valence-corrected chi connectivity index (χ2v) is 6.08. The highest BCUT2D eigenvalue weighted by Crippen LogP contribution is 2.28. The van der Waals surface area contributed by atoms with Crippen molar-refractivity contribution in [1.29, 1.82) is 0 Å². The van der Waals surface area contributed by atoms with Crippen molar-refractivity contribution >= 4 is 24.0 Å². The zero-order chi connectivity index (χ0) is 13.9. The molecule has 0 aliphatic carbocycles. The molecule has 1 fully saturated rings. The van der Waals surface area contributed by atoms with Crippen LogP contribution in [0.15, 0.2) is 24.3 Å². The molecule has 0 saturated carbocycles. The molecule has 1 aliphatic rings. The minimum absolute atomic E-state index is 0. The summed E-state index contributed by atoms with van der Waals surface area (Å²) in [4.78, 5) is 12.4. The van der Waals surface area contributed by atoms with Gasteiger partial charge in [-0.15, -0.1) is 12.4 Å². The lowest BCUT2D eigenvalue weighted by Gasteiger charge is -2.32. The maximum absolute atomic E-state index is 12.4.